The lowest BCUT2D eigenvalue weighted by Crippen LogP contribution is -2.51. The molecule has 6 heteroatoms. The van der Waals surface area contributed by atoms with Crippen LogP contribution in [0.15, 0.2) is 51.6 Å². The highest BCUT2D eigenvalue weighted by molar-refractivity contribution is 9.10. The van der Waals surface area contributed by atoms with Crippen LogP contribution in [-0.4, -0.2) is 37.1 Å². The number of furan rings is 1. The standard InChI is InChI=1S/C16H18BrN3O2/c17-13-3-1-4-14(11-13)19-6-8-20(9-7-19)16(21)18-12-15-5-2-10-22-15/h1-5,10-11H,6-9,12H2,(H,18,21). The van der Waals surface area contributed by atoms with Crippen molar-refractivity contribution in [3.63, 3.8) is 0 Å². The van der Waals surface area contributed by atoms with Crippen LogP contribution in [0.4, 0.5) is 10.5 Å². The van der Waals surface area contributed by atoms with Crippen LogP contribution in [0.5, 0.6) is 0 Å². The number of amides is 2. The Labute approximate surface area is 138 Å². The summed E-state index contributed by atoms with van der Waals surface area (Å²) in [5, 5.41) is 2.89. The molecule has 1 aliphatic heterocycles. The van der Waals surface area contributed by atoms with Crippen molar-refractivity contribution < 1.29 is 9.21 Å². The van der Waals surface area contributed by atoms with E-state index in [2.05, 4.69) is 38.3 Å². The summed E-state index contributed by atoms with van der Waals surface area (Å²) in [5.41, 5.74) is 1.19. The Bertz CT molecular complexity index is 622. The fraction of sp³-hybridized carbons (Fsp3) is 0.312. The van der Waals surface area contributed by atoms with Crippen LogP contribution in [0, 0.1) is 0 Å². The van der Waals surface area contributed by atoms with Crippen LogP contribution in [0.3, 0.4) is 0 Å². The summed E-state index contributed by atoms with van der Waals surface area (Å²) in [6, 6.07) is 11.9. The van der Waals surface area contributed by atoms with Gasteiger partial charge in [-0.1, -0.05) is 22.0 Å². The van der Waals surface area contributed by atoms with Gasteiger partial charge >= 0.3 is 6.03 Å². The number of carbonyl (C=O) groups excluding carboxylic acids is 1. The first-order valence-electron chi connectivity index (χ1n) is 7.28. The number of halogens is 1. The highest BCUT2D eigenvalue weighted by Gasteiger charge is 2.21. The molecule has 116 valence electrons. The molecule has 0 atom stereocenters. The van der Waals surface area contributed by atoms with Crippen molar-refractivity contribution in [2.75, 3.05) is 31.1 Å². The first kappa shape index (κ1) is 15.0. The molecular weight excluding hydrogens is 346 g/mol. The van der Waals surface area contributed by atoms with E-state index in [0.717, 1.165) is 36.4 Å². The summed E-state index contributed by atoms with van der Waals surface area (Å²) in [6.07, 6.45) is 1.61. The third-order valence-electron chi connectivity index (χ3n) is 3.73. The van der Waals surface area contributed by atoms with Gasteiger partial charge in [-0.15, -0.1) is 0 Å². The molecule has 0 saturated carbocycles. The molecule has 1 aromatic carbocycles. The number of urea groups is 1. The number of anilines is 1. The van der Waals surface area contributed by atoms with Crippen molar-refractivity contribution in [1.82, 2.24) is 10.2 Å². The molecule has 5 nitrogen and oxygen atoms in total. The van der Waals surface area contributed by atoms with Crippen molar-refractivity contribution in [2.45, 2.75) is 6.54 Å². The maximum Gasteiger partial charge on any atom is 0.317 e. The molecule has 0 bridgehead atoms. The molecule has 2 aromatic rings. The molecule has 0 radical (unpaired) electrons. The Morgan fingerprint density at radius 2 is 2.00 bits per heavy atom. The predicted octanol–water partition coefficient (Wildman–Crippen LogP) is 3.07. The monoisotopic (exact) mass is 363 g/mol. The number of benzene rings is 1. The summed E-state index contributed by atoms with van der Waals surface area (Å²) >= 11 is 3.49. The van der Waals surface area contributed by atoms with Crippen molar-refractivity contribution in [2.24, 2.45) is 0 Å². The number of carbonyl (C=O) groups is 1. The van der Waals surface area contributed by atoms with E-state index in [4.69, 9.17) is 4.42 Å². The number of hydrogen-bond acceptors (Lipinski definition) is 3. The highest BCUT2D eigenvalue weighted by atomic mass is 79.9. The Morgan fingerprint density at radius 1 is 1.18 bits per heavy atom. The minimum Gasteiger partial charge on any atom is -0.467 e. The van der Waals surface area contributed by atoms with Gasteiger partial charge in [0.1, 0.15) is 5.76 Å². The Kier molecular flexibility index (Phi) is 4.68. The van der Waals surface area contributed by atoms with E-state index in [-0.39, 0.29) is 6.03 Å². The molecule has 1 aromatic heterocycles. The van der Waals surface area contributed by atoms with Gasteiger partial charge < -0.3 is 19.5 Å². The minimum absolute atomic E-state index is 0.0368. The summed E-state index contributed by atoms with van der Waals surface area (Å²) in [5.74, 6) is 0.765. The Balaban J connectivity index is 1.49. The zero-order chi connectivity index (χ0) is 15.4. The molecule has 0 unspecified atom stereocenters. The molecule has 2 heterocycles. The minimum atomic E-state index is -0.0368. The molecule has 22 heavy (non-hydrogen) atoms. The van der Waals surface area contributed by atoms with E-state index in [0.29, 0.717) is 6.54 Å². The summed E-state index contributed by atoms with van der Waals surface area (Å²) < 4.78 is 6.28. The van der Waals surface area contributed by atoms with Crippen LogP contribution >= 0.6 is 15.9 Å². The lowest BCUT2D eigenvalue weighted by Gasteiger charge is -2.36. The van der Waals surface area contributed by atoms with E-state index in [9.17, 15) is 4.79 Å². The molecule has 1 aliphatic rings. The van der Waals surface area contributed by atoms with Crippen LogP contribution in [-0.2, 0) is 6.54 Å². The van der Waals surface area contributed by atoms with Gasteiger partial charge in [0.05, 0.1) is 12.8 Å². The Morgan fingerprint density at radius 3 is 2.68 bits per heavy atom. The topological polar surface area (TPSA) is 48.7 Å². The zero-order valence-corrected chi connectivity index (χ0v) is 13.8. The lowest BCUT2D eigenvalue weighted by atomic mass is 10.2. The fourth-order valence-corrected chi connectivity index (χ4v) is 2.92. The molecule has 2 amide bonds. The number of nitrogens with zero attached hydrogens (tertiary/aromatic N) is 2. The van der Waals surface area contributed by atoms with E-state index in [1.807, 2.05) is 29.2 Å². The van der Waals surface area contributed by atoms with Gasteiger partial charge in [-0.05, 0) is 30.3 Å². The number of hydrogen-bond donors (Lipinski definition) is 1. The second kappa shape index (κ2) is 6.87. The van der Waals surface area contributed by atoms with Gasteiger partial charge in [0, 0.05) is 36.3 Å². The average molecular weight is 364 g/mol. The van der Waals surface area contributed by atoms with Crippen LogP contribution in [0.25, 0.3) is 0 Å². The quantitative estimate of drug-likeness (QED) is 0.911. The van der Waals surface area contributed by atoms with Gasteiger partial charge in [0.2, 0.25) is 0 Å². The molecule has 1 fully saturated rings. The summed E-state index contributed by atoms with van der Waals surface area (Å²) in [4.78, 5) is 16.3. The third kappa shape index (κ3) is 3.62. The SMILES string of the molecule is O=C(NCc1ccco1)N1CCN(c2cccc(Br)c2)CC1. The molecule has 1 saturated heterocycles. The largest absolute Gasteiger partial charge is 0.467 e. The van der Waals surface area contributed by atoms with E-state index in [1.165, 1.54) is 5.69 Å². The van der Waals surface area contributed by atoms with Crippen LogP contribution in [0.1, 0.15) is 5.76 Å². The highest BCUT2D eigenvalue weighted by Crippen LogP contribution is 2.21. The molecule has 0 aliphatic carbocycles. The van der Waals surface area contributed by atoms with Gasteiger partial charge in [-0.3, -0.25) is 0 Å². The van der Waals surface area contributed by atoms with Crippen molar-refractivity contribution in [1.29, 1.82) is 0 Å². The van der Waals surface area contributed by atoms with E-state index < -0.39 is 0 Å². The van der Waals surface area contributed by atoms with Crippen molar-refractivity contribution in [3.05, 3.63) is 52.9 Å². The fourth-order valence-electron chi connectivity index (χ4n) is 2.53. The van der Waals surface area contributed by atoms with Crippen LogP contribution < -0.4 is 10.2 Å². The van der Waals surface area contributed by atoms with Crippen LogP contribution in [0.2, 0.25) is 0 Å². The second-order valence-corrected chi connectivity index (χ2v) is 6.11. The smallest absolute Gasteiger partial charge is 0.317 e. The van der Waals surface area contributed by atoms with Gasteiger partial charge in [-0.2, -0.15) is 0 Å². The molecule has 0 spiro atoms. The third-order valence-corrected chi connectivity index (χ3v) is 4.23. The summed E-state index contributed by atoms with van der Waals surface area (Å²) in [7, 11) is 0. The van der Waals surface area contributed by atoms with Crippen molar-refractivity contribution in [3.8, 4) is 0 Å². The van der Waals surface area contributed by atoms with E-state index in [1.54, 1.807) is 6.26 Å². The van der Waals surface area contributed by atoms with E-state index >= 15 is 0 Å². The number of rotatable bonds is 3. The van der Waals surface area contributed by atoms with Gasteiger partial charge in [0.15, 0.2) is 0 Å². The first-order chi connectivity index (χ1) is 10.7. The second-order valence-electron chi connectivity index (χ2n) is 5.19. The first-order valence-corrected chi connectivity index (χ1v) is 8.07. The zero-order valence-electron chi connectivity index (χ0n) is 12.2. The van der Waals surface area contributed by atoms with Crippen molar-refractivity contribution >= 4 is 27.6 Å². The maximum atomic E-state index is 12.1. The molecule has 1 N–H and O–H groups in total. The summed E-state index contributed by atoms with van der Waals surface area (Å²) in [6.45, 7) is 3.54. The van der Waals surface area contributed by atoms with Gasteiger partial charge in [0.25, 0.3) is 0 Å². The van der Waals surface area contributed by atoms with Gasteiger partial charge in [-0.25, -0.2) is 4.79 Å². The number of piperazine rings is 1. The predicted molar refractivity (Wildman–Crippen MR) is 88.9 cm³/mol. The average Bonchev–Trinajstić information content (AvgIpc) is 3.06. The molecular formula is C16H18BrN3O2. The number of nitrogens with one attached hydrogen (secondary N) is 1. The Hall–Kier alpha value is -1.95. The normalized spacial score (nSPS) is 15.0. The molecule has 3 rings (SSSR count). The lowest BCUT2D eigenvalue weighted by molar-refractivity contribution is 0.193. The maximum absolute atomic E-state index is 12.1.